The van der Waals surface area contributed by atoms with E-state index in [4.69, 9.17) is 9.15 Å². The molecule has 1 heterocycles. The van der Waals surface area contributed by atoms with Crippen LogP contribution in [0, 0.1) is 10.1 Å². The quantitative estimate of drug-likeness (QED) is 0.321. The lowest BCUT2D eigenvalue weighted by Crippen LogP contribution is -2.37. The minimum absolute atomic E-state index is 0.0718. The molecule has 3 aromatic carbocycles. The number of rotatable bonds is 7. The number of hydrogen-bond acceptors (Lipinski definition) is 7. The second kappa shape index (κ2) is 8.43. The summed E-state index contributed by atoms with van der Waals surface area (Å²) < 4.78 is 36.6. The summed E-state index contributed by atoms with van der Waals surface area (Å²) in [4.78, 5) is 23.3. The Morgan fingerprint density at radius 3 is 2.52 bits per heavy atom. The van der Waals surface area contributed by atoms with Gasteiger partial charge in [-0.05, 0) is 24.3 Å². The first kappa shape index (κ1) is 22.1. The molecule has 4 rings (SSSR count). The smallest absolute Gasteiger partial charge is 0.271 e. The number of amides is 1. The van der Waals surface area contributed by atoms with Crippen LogP contribution in [0.4, 0.5) is 17.1 Å². The van der Waals surface area contributed by atoms with Crippen LogP contribution in [0.1, 0.15) is 0 Å². The summed E-state index contributed by atoms with van der Waals surface area (Å²) in [6, 6.07) is 16.2. The highest BCUT2D eigenvalue weighted by Crippen LogP contribution is 2.34. The Bertz CT molecular complexity index is 1490. The van der Waals surface area contributed by atoms with Crippen molar-refractivity contribution in [3.8, 4) is 5.75 Å². The number of carbonyl (C=O) groups is 1. The number of anilines is 2. The Labute approximate surface area is 188 Å². The molecule has 4 aromatic rings. The van der Waals surface area contributed by atoms with Gasteiger partial charge in [0.1, 0.15) is 29.1 Å². The van der Waals surface area contributed by atoms with E-state index >= 15 is 0 Å². The number of fused-ring (bicyclic) bond motifs is 3. The molecule has 0 radical (unpaired) electrons. The second-order valence-corrected chi connectivity index (χ2v) is 9.15. The summed E-state index contributed by atoms with van der Waals surface area (Å²) >= 11 is 0. The molecule has 0 spiro atoms. The number of nitrogens with one attached hydrogen (secondary N) is 1. The summed E-state index contributed by atoms with van der Waals surface area (Å²) in [6.07, 6.45) is 0.902. The Hall–Kier alpha value is -4.12. The van der Waals surface area contributed by atoms with Gasteiger partial charge in [0, 0.05) is 34.7 Å². The fourth-order valence-electron chi connectivity index (χ4n) is 3.50. The minimum Gasteiger partial charge on any atom is -0.495 e. The van der Waals surface area contributed by atoms with E-state index in [-0.39, 0.29) is 17.1 Å². The maximum atomic E-state index is 12.7. The molecule has 0 fully saturated rings. The maximum absolute atomic E-state index is 12.7. The molecule has 1 N–H and O–H groups in total. The SMILES string of the molecule is COc1ccc([N+](=O)[O-])cc1N(CC(=O)Nc1ccc2c(c1)oc1ccccc12)S(C)(=O)=O. The summed E-state index contributed by atoms with van der Waals surface area (Å²) in [5.41, 5.74) is 1.23. The van der Waals surface area contributed by atoms with Crippen LogP contribution in [0.15, 0.2) is 65.1 Å². The molecule has 10 nitrogen and oxygen atoms in total. The molecule has 0 aliphatic rings. The Kier molecular flexibility index (Phi) is 5.64. The number of nitro groups is 1. The molecule has 11 heteroatoms. The zero-order chi connectivity index (χ0) is 23.8. The van der Waals surface area contributed by atoms with Crippen molar-refractivity contribution in [3.05, 3.63) is 70.8 Å². The van der Waals surface area contributed by atoms with Crippen LogP contribution in [-0.2, 0) is 14.8 Å². The predicted octanol–water partition coefficient (Wildman–Crippen LogP) is 3.91. The summed E-state index contributed by atoms with van der Waals surface area (Å²) in [6.45, 7) is -0.617. The number of para-hydroxylation sites is 1. The van der Waals surface area contributed by atoms with E-state index in [1.165, 1.54) is 19.2 Å². The molecular weight excluding hydrogens is 450 g/mol. The molecule has 1 aromatic heterocycles. The molecule has 0 unspecified atom stereocenters. The largest absolute Gasteiger partial charge is 0.495 e. The van der Waals surface area contributed by atoms with Crippen molar-refractivity contribution in [2.24, 2.45) is 0 Å². The van der Waals surface area contributed by atoms with Crippen molar-refractivity contribution in [1.82, 2.24) is 0 Å². The lowest BCUT2D eigenvalue weighted by molar-refractivity contribution is -0.384. The summed E-state index contributed by atoms with van der Waals surface area (Å²) in [5.74, 6) is -0.577. The highest BCUT2D eigenvalue weighted by Gasteiger charge is 2.26. The average Bonchev–Trinajstić information content (AvgIpc) is 3.14. The number of methoxy groups -OCH3 is 1. The van der Waals surface area contributed by atoms with Crippen molar-refractivity contribution in [2.75, 3.05) is 29.5 Å². The molecule has 0 bridgehead atoms. The van der Waals surface area contributed by atoms with Crippen molar-refractivity contribution < 1.29 is 27.3 Å². The number of sulfonamides is 1. The van der Waals surface area contributed by atoms with Gasteiger partial charge in [-0.25, -0.2) is 8.42 Å². The van der Waals surface area contributed by atoms with Crippen molar-refractivity contribution in [3.63, 3.8) is 0 Å². The standard InChI is InChI=1S/C22H19N3O7S/c1-31-20-10-8-15(25(27)28)12-18(20)24(33(2,29)30)13-22(26)23-14-7-9-17-16-5-3-4-6-19(16)32-21(17)11-14/h3-12H,13H2,1-2H3,(H,23,26). The number of benzene rings is 3. The molecule has 0 aliphatic carbocycles. The zero-order valence-electron chi connectivity index (χ0n) is 17.6. The molecule has 0 atom stereocenters. The van der Waals surface area contributed by atoms with Gasteiger partial charge in [-0.3, -0.25) is 19.2 Å². The van der Waals surface area contributed by atoms with Crippen LogP contribution in [0.2, 0.25) is 0 Å². The number of hydrogen-bond donors (Lipinski definition) is 1. The van der Waals surface area contributed by atoms with Crippen molar-refractivity contribution >= 4 is 54.9 Å². The van der Waals surface area contributed by atoms with E-state index < -0.39 is 27.4 Å². The van der Waals surface area contributed by atoms with Gasteiger partial charge in [-0.1, -0.05) is 18.2 Å². The summed E-state index contributed by atoms with van der Waals surface area (Å²) in [7, 11) is -2.68. The first-order chi connectivity index (χ1) is 15.7. The first-order valence-electron chi connectivity index (χ1n) is 9.68. The average molecular weight is 469 g/mol. The lowest BCUT2D eigenvalue weighted by Gasteiger charge is -2.23. The van der Waals surface area contributed by atoms with E-state index in [0.717, 1.165) is 27.4 Å². The van der Waals surface area contributed by atoms with Crippen LogP contribution in [0.3, 0.4) is 0 Å². The van der Waals surface area contributed by atoms with Crippen molar-refractivity contribution in [1.29, 1.82) is 0 Å². The van der Waals surface area contributed by atoms with Gasteiger partial charge in [0.2, 0.25) is 15.9 Å². The highest BCUT2D eigenvalue weighted by molar-refractivity contribution is 7.92. The molecule has 33 heavy (non-hydrogen) atoms. The Balaban J connectivity index is 1.63. The molecule has 170 valence electrons. The van der Waals surface area contributed by atoms with E-state index in [1.807, 2.05) is 24.3 Å². The van der Waals surface area contributed by atoms with Crippen molar-refractivity contribution in [2.45, 2.75) is 0 Å². The van der Waals surface area contributed by atoms with Crippen LogP contribution < -0.4 is 14.4 Å². The van der Waals surface area contributed by atoms with Crippen LogP contribution in [0.25, 0.3) is 21.9 Å². The third kappa shape index (κ3) is 4.44. The van der Waals surface area contributed by atoms with E-state index in [0.29, 0.717) is 16.9 Å². The van der Waals surface area contributed by atoms with Crippen LogP contribution >= 0.6 is 0 Å². The molecular formula is C22H19N3O7S. The number of nitro benzene ring substituents is 1. The van der Waals surface area contributed by atoms with Gasteiger partial charge in [0.25, 0.3) is 5.69 Å². The van der Waals surface area contributed by atoms with Crippen LogP contribution in [-0.4, -0.2) is 39.2 Å². The van der Waals surface area contributed by atoms with E-state index in [2.05, 4.69) is 5.32 Å². The molecule has 0 aliphatic heterocycles. The third-order valence-electron chi connectivity index (χ3n) is 4.99. The normalized spacial score (nSPS) is 11.5. The Morgan fingerprint density at radius 1 is 1.09 bits per heavy atom. The first-order valence-corrected chi connectivity index (χ1v) is 11.5. The predicted molar refractivity (Wildman–Crippen MR) is 124 cm³/mol. The third-order valence-corrected chi connectivity index (χ3v) is 6.12. The molecule has 0 saturated carbocycles. The minimum atomic E-state index is -3.98. The second-order valence-electron chi connectivity index (χ2n) is 7.24. The van der Waals surface area contributed by atoms with Gasteiger partial charge in [0.15, 0.2) is 0 Å². The zero-order valence-corrected chi connectivity index (χ0v) is 18.5. The number of nitrogens with zero attached hydrogens (tertiary/aromatic N) is 2. The Morgan fingerprint density at radius 2 is 1.82 bits per heavy atom. The molecule has 1 amide bonds. The number of non-ortho nitro benzene ring substituents is 1. The van der Waals surface area contributed by atoms with Crippen LogP contribution in [0.5, 0.6) is 5.75 Å². The summed E-state index contributed by atoms with van der Waals surface area (Å²) in [5, 5.41) is 15.6. The highest BCUT2D eigenvalue weighted by atomic mass is 32.2. The van der Waals surface area contributed by atoms with Gasteiger partial charge in [-0.2, -0.15) is 0 Å². The topological polar surface area (TPSA) is 132 Å². The number of furan rings is 1. The molecule has 0 saturated heterocycles. The van der Waals surface area contributed by atoms with Gasteiger partial charge in [0.05, 0.1) is 18.3 Å². The van der Waals surface area contributed by atoms with Gasteiger partial charge >= 0.3 is 0 Å². The number of carbonyl (C=O) groups excluding carboxylic acids is 1. The van der Waals surface area contributed by atoms with E-state index in [1.54, 1.807) is 18.2 Å². The van der Waals surface area contributed by atoms with Gasteiger partial charge in [-0.15, -0.1) is 0 Å². The number of ether oxygens (including phenoxy) is 1. The fourth-order valence-corrected chi connectivity index (χ4v) is 4.35. The van der Waals surface area contributed by atoms with E-state index in [9.17, 15) is 23.3 Å². The lowest BCUT2D eigenvalue weighted by atomic mass is 10.1. The van der Waals surface area contributed by atoms with Gasteiger partial charge < -0.3 is 14.5 Å². The monoisotopic (exact) mass is 469 g/mol. The maximum Gasteiger partial charge on any atom is 0.271 e. The fraction of sp³-hybridized carbons (Fsp3) is 0.136.